The largest absolute Gasteiger partial charge is 0.416 e. The number of amides is 2. The Morgan fingerprint density at radius 2 is 1.92 bits per heavy atom. The zero-order valence-corrected chi connectivity index (χ0v) is 22.4. The van der Waals surface area contributed by atoms with Crippen LogP contribution in [0.25, 0.3) is 0 Å². The molecule has 3 heterocycles. The number of halogens is 5. The van der Waals surface area contributed by atoms with E-state index < -0.39 is 41.3 Å². The Morgan fingerprint density at radius 1 is 1.21 bits per heavy atom. The van der Waals surface area contributed by atoms with Gasteiger partial charge in [0.15, 0.2) is 5.82 Å². The molecule has 39 heavy (non-hydrogen) atoms. The average molecular weight is 567 g/mol. The number of alkyl halides is 3. The molecule has 1 N–H and O–H groups in total. The Morgan fingerprint density at radius 3 is 2.54 bits per heavy atom. The van der Waals surface area contributed by atoms with Crippen LogP contribution in [0, 0.1) is 18.7 Å². The highest BCUT2D eigenvalue weighted by molar-refractivity contribution is 6.31. The minimum atomic E-state index is -4.63. The third kappa shape index (κ3) is 6.00. The second kappa shape index (κ2) is 10.8. The van der Waals surface area contributed by atoms with Gasteiger partial charge in [0.2, 0.25) is 11.8 Å². The normalized spacial score (nSPS) is 17.4. The number of aromatic nitrogens is 3. The van der Waals surface area contributed by atoms with Gasteiger partial charge in [-0.2, -0.15) is 18.3 Å². The second-order valence-corrected chi connectivity index (χ2v) is 9.84. The molecule has 0 spiro atoms. The Hall–Kier alpha value is -3.67. The minimum Gasteiger partial charge on any atom is -0.344 e. The van der Waals surface area contributed by atoms with E-state index in [2.05, 4.69) is 15.4 Å². The molecule has 0 aliphatic carbocycles. The van der Waals surface area contributed by atoms with Crippen LogP contribution >= 0.6 is 11.6 Å². The number of hydrogen-bond donors (Lipinski definition) is 1. The average Bonchev–Trinajstić information content (AvgIpc) is 3.47. The lowest BCUT2D eigenvalue weighted by Crippen LogP contribution is -2.44. The van der Waals surface area contributed by atoms with Crippen molar-refractivity contribution in [2.45, 2.75) is 38.9 Å². The number of rotatable bonds is 6. The predicted molar refractivity (Wildman–Crippen MR) is 139 cm³/mol. The fourth-order valence-corrected chi connectivity index (χ4v) is 4.82. The molecule has 3 aromatic rings. The summed E-state index contributed by atoms with van der Waals surface area (Å²) in [6.45, 7) is 3.32. The lowest BCUT2D eigenvalue weighted by atomic mass is 10.0. The minimum absolute atomic E-state index is 0.00831. The first-order valence-corrected chi connectivity index (χ1v) is 12.5. The van der Waals surface area contributed by atoms with Crippen LogP contribution < -0.4 is 15.1 Å². The molecule has 0 saturated carbocycles. The first-order valence-electron chi connectivity index (χ1n) is 12.2. The molecule has 13 heteroatoms. The summed E-state index contributed by atoms with van der Waals surface area (Å²) in [7, 11) is 3.20. The van der Waals surface area contributed by atoms with Gasteiger partial charge in [0, 0.05) is 43.8 Å². The number of nitrogens with one attached hydrogen (secondary N) is 1. The summed E-state index contributed by atoms with van der Waals surface area (Å²) in [5.74, 6) is -2.10. The maximum absolute atomic E-state index is 13.7. The Kier molecular flexibility index (Phi) is 7.87. The van der Waals surface area contributed by atoms with Crippen molar-refractivity contribution in [3.05, 3.63) is 64.2 Å². The van der Waals surface area contributed by atoms with E-state index in [1.807, 2.05) is 6.92 Å². The lowest BCUT2D eigenvalue weighted by Gasteiger charge is -2.29. The van der Waals surface area contributed by atoms with Crippen LogP contribution in [0.1, 0.15) is 30.3 Å². The van der Waals surface area contributed by atoms with Gasteiger partial charge in [-0.05, 0) is 50.1 Å². The highest BCUT2D eigenvalue weighted by Gasteiger charge is 2.43. The summed E-state index contributed by atoms with van der Waals surface area (Å²) in [5.41, 5.74) is 0.379. The summed E-state index contributed by atoms with van der Waals surface area (Å²) in [6.07, 6.45) is -3.92. The predicted octanol–water partition coefficient (Wildman–Crippen LogP) is 4.99. The van der Waals surface area contributed by atoms with Gasteiger partial charge in [0.1, 0.15) is 17.7 Å². The maximum atomic E-state index is 13.7. The molecule has 0 bridgehead atoms. The van der Waals surface area contributed by atoms with E-state index >= 15 is 0 Å². The Balaban J connectivity index is 1.67. The molecule has 1 aliphatic heterocycles. The van der Waals surface area contributed by atoms with Crippen LogP contribution in [0.5, 0.6) is 0 Å². The molecule has 8 nitrogen and oxygen atoms in total. The van der Waals surface area contributed by atoms with Crippen molar-refractivity contribution in [1.29, 1.82) is 0 Å². The molecule has 2 amide bonds. The maximum Gasteiger partial charge on any atom is 0.416 e. The summed E-state index contributed by atoms with van der Waals surface area (Å²) >= 11 is 5.89. The lowest BCUT2D eigenvalue weighted by molar-refractivity contribution is -0.137. The van der Waals surface area contributed by atoms with Gasteiger partial charge in [-0.25, -0.2) is 9.37 Å². The third-order valence-corrected chi connectivity index (χ3v) is 7.02. The molecule has 1 aromatic carbocycles. The standard InChI is InChI=1S/C26H27ClF4N6O2/c1-5-17-12-22(34-36(17)4)33-24(38)15-9-21(25(39)35(3)18-6-7-20(28)19(27)11-18)37(13-15)23-10-16(26(29,30)31)8-14(2)32-23/h6-8,10-12,15,21H,5,9,13H2,1-4H3,(H,33,34,38)/t15-,21-/m0/s1. The smallest absolute Gasteiger partial charge is 0.344 e. The Bertz CT molecular complexity index is 1410. The molecule has 1 fully saturated rings. The SMILES string of the molecule is CCc1cc(NC(=O)[C@H]2C[C@@H](C(=O)N(C)c3ccc(F)c(Cl)c3)N(c3cc(C(F)(F)F)cc(C)n3)C2)nn1C. The molecule has 208 valence electrons. The molecule has 0 unspecified atom stereocenters. The van der Waals surface area contributed by atoms with E-state index in [0.717, 1.165) is 23.9 Å². The quantitative estimate of drug-likeness (QED) is 0.425. The number of carbonyl (C=O) groups excluding carboxylic acids is 2. The van der Waals surface area contributed by atoms with Crippen LogP contribution in [0.4, 0.5) is 34.9 Å². The van der Waals surface area contributed by atoms with E-state index in [1.165, 1.54) is 35.9 Å². The van der Waals surface area contributed by atoms with E-state index in [4.69, 9.17) is 11.6 Å². The van der Waals surface area contributed by atoms with E-state index in [0.29, 0.717) is 12.2 Å². The highest BCUT2D eigenvalue weighted by Crippen LogP contribution is 2.36. The van der Waals surface area contributed by atoms with Gasteiger partial charge in [-0.15, -0.1) is 0 Å². The van der Waals surface area contributed by atoms with Gasteiger partial charge < -0.3 is 15.1 Å². The first-order chi connectivity index (χ1) is 18.3. The number of anilines is 3. The summed E-state index contributed by atoms with van der Waals surface area (Å²) < 4.78 is 56.1. The van der Waals surface area contributed by atoms with Gasteiger partial charge in [0.25, 0.3) is 0 Å². The van der Waals surface area contributed by atoms with Gasteiger partial charge >= 0.3 is 6.18 Å². The molecule has 2 atom stereocenters. The fraction of sp³-hybridized carbons (Fsp3) is 0.385. The van der Waals surface area contributed by atoms with Crippen molar-refractivity contribution in [1.82, 2.24) is 14.8 Å². The number of benzene rings is 1. The molecule has 1 saturated heterocycles. The van der Waals surface area contributed by atoms with Crippen molar-refractivity contribution in [2.24, 2.45) is 13.0 Å². The van der Waals surface area contributed by atoms with Crippen LogP contribution in [0.2, 0.25) is 5.02 Å². The van der Waals surface area contributed by atoms with Crippen molar-refractivity contribution in [3.8, 4) is 0 Å². The molecule has 4 rings (SSSR count). The number of pyridine rings is 1. The first kappa shape index (κ1) is 28.3. The second-order valence-electron chi connectivity index (χ2n) is 9.44. The summed E-state index contributed by atoms with van der Waals surface area (Å²) in [4.78, 5) is 33.8. The van der Waals surface area contributed by atoms with Crippen molar-refractivity contribution in [3.63, 3.8) is 0 Å². The van der Waals surface area contributed by atoms with Crippen molar-refractivity contribution in [2.75, 3.05) is 28.7 Å². The molecular formula is C26H27ClF4N6O2. The molecule has 2 aromatic heterocycles. The third-order valence-electron chi connectivity index (χ3n) is 6.73. The zero-order valence-electron chi connectivity index (χ0n) is 21.7. The highest BCUT2D eigenvalue weighted by atomic mass is 35.5. The van der Waals surface area contributed by atoms with Gasteiger partial charge in [-0.3, -0.25) is 14.3 Å². The van der Waals surface area contributed by atoms with Gasteiger partial charge in [0.05, 0.1) is 16.5 Å². The van der Waals surface area contributed by atoms with Crippen molar-refractivity contribution >= 4 is 40.7 Å². The van der Waals surface area contributed by atoms with Crippen LogP contribution in [-0.4, -0.2) is 46.2 Å². The number of carbonyl (C=O) groups is 2. The fourth-order valence-electron chi connectivity index (χ4n) is 4.65. The van der Waals surface area contributed by atoms with Crippen LogP contribution in [-0.2, 0) is 29.2 Å². The van der Waals surface area contributed by atoms with E-state index in [9.17, 15) is 27.2 Å². The number of aryl methyl sites for hydroxylation is 3. The summed E-state index contributed by atoms with van der Waals surface area (Å²) in [6, 6.07) is 6.24. The van der Waals surface area contributed by atoms with E-state index in [-0.39, 0.29) is 35.2 Å². The molecule has 1 aliphatic rings. The Labute approximate surface area is 227 Å². The molecule has 0 radical (unpaired) electrons. The summed E-state index contributed by atoms with van der Waals surface area (Å²) in [5, 5.41) is 6.83. The van der Waals surface area contributed by atoms with E-state index in [1.54, 1.807) is 17.8 Å². The number of nitrogens with zero attached hydrogens (tertiary/aromatic N) is 5. The number of likely N-dealkylation sites (N-methyl/N-ethyl adjacent to an activating group) is 1. The zero-order chi connectivity index (χ0) is 28.6. The molecular weight excluding hydrogens is 540 g/mol. The van der Waals surface area contributed by atoms with Crippen molar-refractivity contribution < 1.29 is 27.2 Å². The van der Waals surface area contributed by atoms with Crippen LogP contribution in [0.3, 0.4) is 0 Å². The number of hydrogen-bond acceptors (Lipinski definition) is 5. The monoisotopic (exact) mass is 566 g/mol. The van der Waals surface area contributed by atoms with Gasteiger partial charge in [-0.1, -0.05) is 18.5 Å². The topological polar surface area (TPSA) is 83.4 Å². The van der Waals surface area contributed by atoms with Crippen LogP contribution in [0.15, 0.2) is 36.4 Å².